The number of rotatable bonds is 2. The average Bonchev–Trinajstić information content (AvgIpc) is 2.56. The molecule has 3 rings (SSSR count). The number of amides is 2. The van der Waals surface area contributed by atoms with Gasteiger partial charge in [-0.25, -0.2) is 4.98 Å². The highest BCUT2D eigenvalue weighted by Crippen LogP contribution is 2.17. The van der Waals surface area contributed by atoms with E-state index in [0.717, 1.165) is 32.0 Å². The maximum Gasteiger partial charge on any atom is 0.227 e. The number of pyridine rings is 1. The lowest BCUT2D eigenvalue weighted by Crippen LogP contribution is -2.52. The first-order valence-corrected chi connectivity index (χ1v) is 7.45. The second kappa shape index (κ2) is 6.11. The Labute approximate surface area is 124 Å². The molecule has 3 heterocycles. The third kappa shape index (κ3) is 3.15. The zero-order chi connectivity index (χ0) is 14.7. The van der Waals surface area contributed by atoms with Crippen LogP contribution in [-0.2, 0) is 9.59 Å². The Morgan fingerprint density at radius 3 is 2.67 bits per heavy atom. The van der Waals surface area contributed by atoms with Crippen molar-refractivity contribution >= 4 is 17.6 Å². The number of aromatic nitrogens is 1. The molecule has 1 aromatic rings. The topological polar surface area (TPSA) is 65.5 Å². The summed E-state index contributed by atoms with van der Waals surface area (Å²) in [5, 5.41) is 2.78. The minimum absolute atomic E-state index is 0.0518. The van der Waals surface area contributed by atoms with Crippen molar-refractivity contribution in [1.29, 1.82) is 0 Å². The van der Waals surface area contributed by atoms with Crippen LogP contribution in [0.25, 0.3) is 0 Å². The normalized spacial score (nSPS) is 22.9. The van der Waals surface area contributed by atoms with Gasteiger partial charge in [0.1, 0.15) is 5.82 Å². The number of anilines is 1. The van der Waals surface area contributed by atoms with Gasteiger partial charge in [0.25, 0.3) is 0 Å². The maximum atomic E-state index is 12.4. The molecule has 0 aromatic carbocycles. The monoisotopic (exact) mass is 288 g/mol. The number of carbonyl (C=O) groups excluding carboxylic acids is 2. The first kappa shape index (κ1) is 13.9. The SMILES string of the molecule is O=C1CCC(C(=O)N2CCN(c3ccccn3)CC2)CN1. The summed E-state index contributed by atoms with van der Waals surface area (Å²) < 4.78 is 0. The summed E-state index contributed by atoms with van der Waals surface area (Å²) in [6.45, 7) is 3.54. The average molecular weight is 288 g/mol. The lowest BCUT2D eigenvalue weighted by molar-refractivity contribution is -0.137. The van der Waals surface area contributed by atoms with Gasteiger partial charge in [-0.15, -0.1) is 0 Å². The van der Waals surface area contributed by atoms with Crippen molar-refractivity contribution in [3.05, 3.63) is 24.4 Å². The van der Waals surface area contributed by atoms with Crippen LogP contribution in [0.4, 0.5) is 5.82 Å². The van der Waals surface area contributed by atoms with Gasteiger partial charge in [0.2, 0.25) is 11.8 Å². The minimum Gasteiger partial charge on any atom is -0.355 e. The lowest BCUT2D eigenvalue weighted by atomic mass is 9.97. The Bertz CT molecular complexity index is 502. The van der Waals surface area contributed by atoms with Crippen LogP contribution in [0.3, 0.4) is 0 Å². The molecular formula is C15H20N4O2. The van der Waals surface area contributed by atoms with E-state index in [4.69, 9.17) is 0 Å². The molecule has 0 bridgehead atoms. The standard InChI is InChI=1S/C15H20N4O2/c20-14-5-4-12(11-17-14)15(21)19-9-7-18(8-10-19)13-3-1-2-6-16-13/h1-3,6,12H,4-5,7-11H2,(H,17,20). The molecule has 2 amide bonds. The summed E-state index contributed by atoms with van der Waals surface area (Å²) in [6.07, 6.45) is 2.92. The molecule has 2 aliphatic rings. The lowest BCUT2D eigenvalue weighted by Gasteiger charge is -2.37. The molecule has 1 unspecified atom stereocenters. The highest BCUT2D eigenvalue weighted by Gasteiger charge is 2.30. The number of hydrogen-bond donors (Lipinski definition) is 1. The first-order valence-electron chi connectivity index (χ1n) is 7.45. The Morgan fingerprint density at radius 1 is 1.24 bits per heavy atom. The van der Waals surface area contributed by atoms with Gasteiger partial charge in [-0.2, -0.15) is 0 Å². The molecule has 2 aliphatic heterocycles. The van der Waals surface area contributed by atoms with E-state index in [2.05, 4.69) is 15.2 Å². The third-order valence-corrected chi connectivity index (χ3v) is 4.18. The van der Waals surface area contributed by atoms with E-state index in [0.29, 0.717) is 19.4 Å². The molecular weight excluding hydrogens is 268 g/mol. The molecule has 6 nitrogen and oxygen atoms in total. The zero-order valence-corrected chi connectivity index (χ0v) is 12.0. The molecule has 2 fully saturated rings. The molecule has 21 heavy (non-hydrogen) atoms. The van der Waals surface area contributed by atoms with E-state index in [1.54, 1.807) is 6.20 Å². The van der Waals surface area contributed by atoms with Crippen molar-refractivity contribution in [3.8, 4) is 0 Å². The van der Waals surface area contributed by atoms with E-state index in [1.165, 1.54) is 0 Å². The van der Waals surface area contributed by atoms with Crippen molar-refractivity contribution in [2.75, 3.05) is 37.6 Å². The van der Waals surface area contributed by atoms with Crippen LogP contribution < -0.4 is 10.2 Å². The smallest absolute Gasteiger partial charge is 0.227 e. The number of piperazine rings is 1. The summed E-state index contributed by atoms with van der Waals surface area (Å²) in [6, 6.07) is 5.87. The van der Waals surface area contributed by atoms with Crippen LogP contribution in [-0.4, -0.2) is 54.4 Å². The number of carbonyl (C=O) groups is 2. The molecule has 112 valence electrons. The van der Waals surface area contributed by atoms with Crippen LogP contribution in [0.5, 0.6) is 0 Å². The summed E-state index contributed by atoms with van der Waals surface area (Å²) in [5.41, 5.74) is 0. The number of nitrogens with one attached hydrogen (secondary N) is 1. The van der Waals surface area contributed by atoms with Crippen molar-refractivity contribution in [1.82, 2.24) is 15.2 Å². The van der Waals surface area contributed by atoms with E-state index in [9.17, 15) is 9.59 Å². The molecule has 2 saturated heterocycles. The van der Waals surface area contributed by atoms with Gasteiger partial charge >= 0.3 is 0 Å². The summed E-state index contributed by atoms with van der Waals surface area (Å²) in [7, 11) is 0. The van der Waals surface area contributed by atoms with Crippen molar-refractivity contribution < 1.29 is 9.59 Å². The number of piperidine rings is 1. The van der Waals surface area contributed by atoms with Crippen molar-refractivity contribution in [2.45, 2.75) is 12.8 Å². The second-order valence-corrected chi connectivity index (χ2v) is 5.54. The van der Waals surface area contributed by atoms with E-state index in [1.807, 2.05) is 23.1 Å². The van der Waals surface area contributed by atoms with Gasteiger partial charge < -0.3 is 15.1 Å². The second-order valence-electron chi connectivity index (χ2n) is 5.54. The maximum absolute atomic E-state index is 12.4. The summed E-state index contributed by atoms with van der Waals surface area (Å²) in [4.78, 5) is 32.1. The zero-order valence-electron chi connectivity index (χ0n) is 12.0. The van der Waals surface area contributed by atoms with Crippen LogP contribution >= 0.6 is 0 Å². The fraction of sp³-hybridized carbons (Fsp3) is 0.533. The Balaban J connectivity index is 1.53. The van der Waals surface area contributed by atoms with Gasteiger partial charge in [-0.3, -0.25) is 9.59 Å². The van der Waals surface area contributed by atoms with E-state index < -0.39 is 0 Å². The Kier molecular flexibility index (Phi) is 4.03. The van der Waals surface area contributed by atoms with Crippen LogP contribution in [0, 0.1) is 5.92 Å². The predicted octanol–water partition coefficient (Wildman–Crippen LogP) is 0.256. The van der Waals surface area contributed by atoms with Gasteiger partial charge in [0, 0.05) is 45.3 Å². The molecule has 1 atom stereocenters. The highest BCUT2D eigenvalue weighted by atomic mass is 16.2. The van der Waals surface area contributed by atoms with Crippen LogP contribution in [0.2, 0.25) is 0 Å². The number of nitrogens with zero attached hydrogens (tertiary/aromatic N) is 3. The quantitative estimate of drug-likeness (QED) is 0.847. The van der Waals surface area contributed by atoms with E-state index >= 15 is 0 Å². The molecule has 0 radical (unpaired) electrons. The summed E-state index contributed by atoms with van der Waals surface area (Å²) in [5.74, 6) is 1.15. The van der Waals surface area contributed by atoms with Crippen molar-refractivity contribution in [2.24, 2.45) is 5.92 Å². The van der Waals surface area contributed by atoms with Crippen LogP contribution in [0.1, 0.15) is 12.8 Å². The summed E-state index contributed by atoms with van der Waals surface area (Å²) >= 11 is 0. The molecule has 0 saturated carbocycles. The molecule has 1 aromatic heterocycles. The molecule has 0 aliphatic carbocycles. The Hall–Kier alpha value is -2.11. The largest absolute Gasteiger partial charge is 0.355 e. The highest BCUT2D eigenvalue weighted by molar-refractivity contribution is 5.84. The molecule has 6 heteroatoms. The van der Waals surface area contributed by atoms with Gasteiger partial charge in [-0.05, 0) is 18.6 Å². The predicted molar refractivity (Wildman–Crippen MR) is 78.8 cm³/mol. The van der Waals surface area contributed by atoms with Gasteiger partial charge in [-0.1, -0.05) is 6.07 Å². The van der Waals surface area contributed by atoms with E-state index in [-0.39, 0.29) is 17.7 Å². The third-order valence-electron chi connectivity index (χ3n) is 4.18. The minimum atomic E-state index is -0.0518. The number of hydrogen-bond acceptors (Lipinski definition) is 4. The van der Waals surface area contributed by atoms with Crippen LogP contribution in [0.15, 0.2) is 24.4 Å². The first-order chi connectivity index (χ1) is 10.2. The fourth-order valence-electron chi connectivity index (χ4n) is 2.90. The fourth-order valence-corrected chi connectivity index (χ4v) is 2.90. The molecule has 0 spiro atoms. The molecule has 1 N–H and O–H groups in total. The van der Waals surface area contributed by atoms with Gasteiger partial charge in [0.15, 0.2) is 0 Å². The van der Waals surface area contributed by atoms with Gasteiger partial charge in [0.05, 0.1) is 5.92 Å². The Morgan fingerprint density at radius 2 is 2.05 bits per heavy atom. The van der Waals surface area contributed by atoms with Crippen molar-refractivity contribution in [3.63, 3.8) is 0 Å².